The molecule has 134 valence electrons. The van der Waals surface area contributed by atoms with E-state index in [-0.39, 0.29) is 5.91 Å². The van der Waals surface area contributed by atoms with Crippen LogP contribution in [0.3, 0.4) is 0 Å². The largest absolute Gasteiger partial charge is 0.272 e. The van der Waals surface area contributed by atoms with E-state index in [2.05, 4.69) is 5.10 Å². The van der Waals surface area contributed by atoms with Crippen LogP contribution >= 0.6 is 35.6 Å². The third kappa shape index (κ3) is 3.80. The van der Waals surface area contributed by atoms with E-state index in [0.29, 0.717) is 15.1 Å². The van der Waals surface area contributed by atoms with Gasteiger partial charge in [-0.15, -0.1) is 0 Å². The molecule has 1 amide bonds. The van der Waals surface area contributed by atoms with E-state index in [1.165, 1.54) is 16.8 Å². The Hall–Kier alpha value is -2.48. The molecule has 27 heavy (non-hydrogen) atoms. The van der Waals surface area contributed by atoms with Crippen LogP contribution in [0.1, 0.15) is 5.56 Å². The highest BCUT2D eigenvalue weighted by molar-refractivity contribution is 8.23. The van der Waals surface area contributed by atoms with Crippen LogP contribution in [-0.2, 0) is 4.79 Å². The third-order valence-corrected chi connectivity index (χ3v) is 5.51. The summed E-state index contributed by atoms with van der Waals surface area (Å²) >= 11 is 12.5. The number of amides is 1. The highest BCUT2D eigenvalue weighted by Gasteiger charge is 2.26. The predicted octanol–water partition coefficient (Wildman–Crippen LogP) is 4.39. The molecule has 1 aliphatic heterocycles. The number of carbonyl (C=O) groups is 1. The van der Waals surface area contributed by atoms with E-state index < -0.39 is 0 Å². The van der Waals surface area contributed by atoms with Crippen molar-refractivity contribution in [2.75, 3.05) is 5.75 Å². The van der Waals surface area contributed by atoms with Gasteiger partial charge in [0.15, 0.2) is 4.32 Å². The monoisotopic (exact) mass is 412 g/mol. The fourth-order valence-corrected chi connectivity index (χ4v) is 3.70. The zero-order valence-electron chi connectivity index (χ0n) is 13.9. The number of hydrogen-bond donors (Lipinski definition) is 0. The van der Waals surface area contributed by atoms with Gasteiger partial charge in [0.1, 0.15) is 5.69 Å². The van der Waals surface area contributed by atoms with Gasteiger partial charge in [-0.2, -0.15) is 15.2 Å². The Balaban J connectivity index is 1.76. The highest BCUT2D eigenvalue weighted by atomic mass is 35.5. The lowest BCUT2D eigenvalue weighted by Gasteiger charge is -2.06. The number of halogens is 1. The molecule has 3 aromatic rings. The SMILES string of the molecule is O=C1CSC(=S)N1/N=C\c1cn(-c2ccccc2)nc1-c1ccc(Cl)cc1. The van der Waals surface area contributed by atoms with Crippen LogP contribution < -0.4 is 0 Å². The van der Waals surface area contributed by atoms with Crippen LogP contribution in [0.5, 0.6) is 0 Å². The van der Waals surface area contributed by atoms with E-state index in [0.717, 1.165) is 22.5 Å². The minimum absolute atomic E-state index is 0.121. The Morgan fingerprint density at radius 3 is 2.56 bits per heavy atom. The molecule has 2 heterocycles. The van der Waals surface area contributed by atoms with Crippen molar-refractivity contribution in [3.63, 3.8) is 0 Å². The van der Waals surface area contributed by atoms with Crippen molar-refractivity contribution >= 4 is 52.0 Å². The first-order valence-electron chi connectivity index (χ1n) is 8.06. The lowest BCUT2D eigenvalue weighted by atomic mass is 10.1. The summed E-state index contributed by atoms with van der Waals surface area (Å²) < 4.78 is 2.24. The topological polar surface area (TPSA) is 50.5 Å². The Labute approximate surface area is 170 Å². The van der Waals surface area contributed by atoms with Crippen molar-refractivity contribution < 1.29 is 4.79 Å². The summed E-state index contributed by atoms with van der Waals surface area (Å²) in [6.45, 7) is 0. The summed E-state index contributed by atoms with van der Waals surface area (Å²) in [7, 11) is 0. The second-order valence-electron chi connectivity index (χ2n) is 5.72. The summed E-state index contributed by atoms with van der Waals surface area (Å²) in [6.07, 6.45) is 3.49. The molecule has 8 heteroatoms. The number of thiocarbonyl (C=S) groups is 1. The molecule has 5 nitrogen and oxygen atoms in total. The second kappa shape index (κ2) is 7.64. The number of rotatable bonds is 4. The molecule has 4 rings (SSSR count). The lowest BCUT2D eigenvalue weighted by Crippen LogP contribution is -2.22. The number of benzene rings is 2. The van der Waals surface area contributed by atoms with Crippen molar-refractivity contribution in [3.05, 3.63) is 71.4 Å². The van der Waals surface area contributed by atoms with E-state index in [9.17, 15) is 4.79 Å². The molecule has 0 spiro atoms. The smallest absolute Gasteiger partial charge is 0.259 e. The third-order valence-electron chi connectivity index (χ3n) is 3.92. The number of carbonyl (C=O) groups excluding carboxylic acids is 1. The second-order valence-corrected chi connectivity index (χ2v) is 7.77. The van der Waals surface area contributed by atoms with Crippen molar-refractivity contribution in [2.45, 2.75) is 0 Å². The average molecular weight is 413 g/mol. The average Bonchev–Trinajstić information content (AvgIpc) is 3.25. The molecule has 0 N–H and O–H groups in total. The molecule has 0 bridgehead atoms. The van der Waals surface area contributed by atoms with Gasteiger partial charge < -0.3 is 0 Å². The van der Waals surface area contributed by atoms with Crippen LogP contribution in [0.4, 0.5) is 0 Å². The van der Waals surface area contributed by atoms with Gasteiger partial charge in [0.25, 0.3) is 5.91 Å². The van der Waals surface area contributed by atoms with Gasteiger partial charge in [-0.1, -0.05) is 65.9 Å². The Morgan fingerprint density at radius 2 is 1.89 bits per heavy atom. The fourth-order valence-electron chi connectivity index (χ4n) is 2.61. The van der Waals surface area contributed by atoms with Crippen molar-refractivity contribution in [1.82, 2.24) is 14.8 Å². The van der Waals surface area contributed by atoms with Crippen LogP contribution in [0.25, 0.3) is 16.9 Å². The quantitative estimate of drug-likeness (QED) is 0.471. The van der Waals surface area contributed by atoms with Gasteiger partial charge in [-0.05, 0) is 24.3 Å². The van der Waals surface area contributed by atoms with Gasteiger partial charge in [0, 0.05) is 22.3 Å². The van der Waals surface area contributed by atoms with Gasteiger partial charge in [-0.25, -0.2) is 4.68 Å². The number of para-hydroxylation sites is 1. The molecular formula is C19H13ClN4OS2. The first-order chi connectivity index (χ1) is 13.1. The summed E-state index contributed by atoms with van der Waals surface area (Å²) in [6, 6.07) is 17.2. The van der Waals surface area contributed by atoms with Gasteiger partial charge >= 0.3 is 0 Å². The molecule has 1 aromatic heterocycles. The summed E-state index contributed by atoms with van der Waals surface area (Å²) in [4.78, 5) is 11.9. The summed E-state index contributed by atoms with van der Waals surface area (Å²) in [5, 5.41) is 10.9. The molecule has 2 aromatic carbocycles. The molecule has 1 fully saturated rings. The van der Waals surface area contributed by atoms with Crippen molar-refractivity contribution in [2.24, 2.45) is 5.10 Å². The maximum atomic E-state index is 11.9. The standard InChI is InChI=1S/C19H13ClN4OS2/c20-15-8-6-13(7-9-15)18-14(10-21-24-17(25)12-27-19(24)26)11-23(22-18)16-4-2-1-3-5-16/h1-11H,12H2/b21-10-. The van der Waals surface area contributed by atoms with Crippen LogP contribution in [0, 0.1) is 0 Å². The number of hydrazone groups is 1. The van der Waals surface area contributed by atoms with Crippen molar-refractivity contribution in [3.8, 4) is 16.9 Å². The number of nitrogens with zero attached hydrogens (tertiary/aromatic N) is 4. The van der Waals surface area contributed by atoms with Gasteiger partial charge in [-0.3, -0.25) is 4.79 Å². The Bertz CT molecular complexity index is 1020. The Kier molecular flexibility index (Phi) is 5.07. The number of hydrogen-bond acceptors (Lipinski definition) is 5. The zero-order chi connectivity index (χ0) is 18.8. The normalized spacial score (nSPS) is 14.5. The maximum absolute atomic E-state index is 11.9. The molecular weight excluding hydrogens is 400 g/mol. The molecule has 0 unspecified atom stereocenters. The first-order valence-corrected chi connectivity index (χ1v) is 9.84. The van der Waals surface area contributed by atoms with E-state index in [4.69, 9.17) is 28.9 Å². The fraction of sp³-hybridized carbons (Fsp3) is 0.0526. The molecule has 0 radical (unpaired) electrons. The highest BCUT2D eigenvalue weighted by Crippen LogP contribution is 2.25. The number of thioether (sulfide) groups is 1. The van der Waals surface area contributed by atoms with Crippen LogP contribution in [0.2, 0.25) is 5.02 Å². The maximum Gasteiger partial charge on any atom is 0.259 e. The minimum atomic E-state index is -0.121. The molecule has 0 atom stereocenters. The zero-order valence-corrected chi connectivity index (χ0v) is 16.3. The van der Waals surface area contributed by atoms with Crippen LogP contribution in [0.15, 0.2) is 65.9 Å². The predicted molar refractivity (Wildman–Crippen MR) is 114 cm³/mol. The lowest BCUT2D eigenvalue weighted by molar-refractivity contribution is -0.123. The van der Waals surface area contributed by atoms with Gasteiger partial charge in [0.05, 0.1) is 17.7 Å². The summed E-state index contributed by atoms with van der Waals surface area (Å²) in [5.74, 6) is 0.202. The molecule has 1 aliphatic rings. The van der Waals surface area contributed by atoms with E-state index >= 15 is 0 Å². The Morgan fingerprint density at radius 1 is 1.15 bits per heavy atom. The minimum Gasteiger partial charge on any atom is -0.272 e. The number of aromatic nitrogens is 2. The van der Waals surface area contributed by atoms with Crippen LogP contribution in [-0.4, -0.2) is 37.0 Å². The van der Waals surface area contributed by atoms with E-state index in [1.54, 1.807) is 10.9 Å². The van der Waals surface area contributed by atoms with Crippen molar-refractivity contribution in [1.29, 1.82) is 0 Å². The molecule has 0 aliphatic carbocycles. The van der Waals surface area contributed by atoms with Gasteiger partial charge in [0.2, 0.25) is 0 Å². The first kappa shape index (κ1) is 17.9. The molecule has 0 saturated carbocycles. The summed E-state index contributed by atoms with van der Waals surface area (Å²) in [5.41, 5.74) is 3.34. The molecule has 1 saturated heterocycles. The van der Waals surface area contributed by atoms with E-state index in [1.807, 2.05) is 60.8 Å².